The van der Waals surface area contributed by atoms with Crippen LogP contribution in [0.2, 0.25) is 0 Å². The van der Waals surface area contributed by atoms with Crippen LogP contribution in [-0.4, -0.2) is 12.9 Å². The average molecular weight is 187 g/mol. The number of hydrogen-bond acceptors (Lipinski definition) is 1. The minimum atomic E-state index is -2.86. The molecule has 70 valence electrons. The molecule has 0 atom stereocenters. The van der Waals surface area contributed by atoms with Crippen molar-refractivity contribution in [1.29, 1.82) is 0 Å². The molecular formula is C8H7BF3O-. The number of benzene rings is 1. The van der Waals surface area contributed by atoms with Crippen molar-refractivity contribution in [2.45, 2.75) is 6.42 Å². The smallest absolute Gasteiger partial charge is 0.609 e. The molecule has 0 bridgehead atoms. The van der Waals surface area contributed by atoms with Gasteiger partial charge in [0.1, 0.15) is 0 Å². The zero-order chi connectivity index (χ0) is 8.97. The van der Waals surface area contributed by atoms with Crippen molar-refractivity contribution in [2.75, 3.05) is 0 Å². The van der Waals surface area contributed by atoms with E-state index in [1.165, 1.54) is 0 Å². The maximum atomic E-state index is 11.8. The first-order valence-corrected chi connectivity index (χ1v) is 3.55. The minimum Gasteiger partial charge on any atom is -1.00 e. The average Bonchev–Trinajstić information content (AvgIpc) is 2.06. The molecule has 1 aromatic rings. The highest BCUT2D eigenvalue weighted by Crippen LogP contribution is 2.02. The highest BCUT2D eigenvalue weighted by Gasteiger charge is 2.23. The lowest BCUT2D eigenvalue weighted by molar-refractivity contribution is -0.112. The number of carbonyl (C=O) groups is 1. The van der Waals surface area contributed by atoms with E-state index in [4.69, 9.17) is 0 Å². The Kier molecular flexibility index (Phi) is 4.88. The molecule has 0 N–H and O–H groups in total. The summed E-state index contributed by atoms with van der Waals surface area (Å²) in [5.41, 5.74) is -0.399. The number of rotatable bonds is 3. The monoisotopic (exact) mass is 187 g/mol. The predicted octanol–water partition coefficient (Wildman–Crippen LogP) is -1.23. The molecule has 0 aliphatic carbocycles. The van der Waals surface area contributed by atoms with Crippen LogP contribution in [0.1, 0.15) is 5.56 Å². The molecule has 0 spiro atoms. The van der Waals surface area contributed by atoms with Crippen LogP contribution < -0.4 is 4.70 Å². The summed E-state index contributed by atoms with van der Waals surface area (Å²) in [5, 5.41) is 0. The lowest BCUT2D eigenvalue weighted by Gasteiger charge is -1.96. The van der Waals surface area contributed by atoms with Gasteiger partial charge in [-0.05, 0) is 5.56 Å². The maximum absolute atomic E-state index is 11.8. The second-order valence-corrected chi connectivity index (χ2v) is 2.43. The van der Waals surface area contributed by atoms with Crippen molar-refractivity contribution >= 4 is 12.9 Å². The molecule has 0 saturated carbocycles. The van der Waals surface area contributed by atoms with Gasteiger partial charge in [-0.2, -0.15) is 0 Å². The third kappa shape index (κ3) is 3.78. The first-order valence-electron chi connectivity index (χ1n) is 3.55. The standard InChI is InChI=1S/C8H7BF2O.FH/c10-9(11)8(12)6-7-4-2-1-3-5-7;/h1-5H,6H2;1H/p-1. The highest BCUT2D eigenvalue weighted by molar-refractivity contribution is 6.79. The van der Waals surface area contributed by atoms with Crippen molar-refractivity contribution in [3.8, 4) is 0 Å². The summed E-state index contributed by atoms with van der Waals surface area (Å²) in [5.74, 6) is 0. The molecule has 0 amide bonds. The van der Waals surface area contributed by atoms with Crippen LogP contribution in [0.4, 0.5) is 8.63 Å². The van der Waals surface area contributed by atoms with Crippen molar-refractivity contribution < 1.29 is 18.1 Å². The summed E-state index contributed by atoms with van der Waals surface area (Å²) in [7, 11) is -2.86. The highest BCUT2D eigenvalue weighted by atomic mass is 19.2. The molecule has 1 rings (SSSR count). The zero-order valence-corrected chi connectivity index (χ0v) is 6.71. The summed E-state index contributed by atoms with van der Waals surface area (Å²) in [6, 6.07) is 8.51. The van der Waals surface area contributed by atoms with E-state index in [0.717, 1.165) is 0 Å². The third-order valence-corrected chi connectivity index (χ3v) is 1.46. The van der Waals surface area contributed by atoms with E-state index in [0.29, 0.717) is 5.56 Å². The number of carbonyl (C=O) groups excluding carboxylic acids is 1. The van der Waals surface area contributed by atoms with Crippen LogP contribution in [0.25, 0.3) is 0 Å². The summed E-state index contributed by atoms with van der Waals surface area (Å²) in [6.45, 7) is 0. The lowest BCUT2D eigenvalue weighted by atomic mass is 9.86. The molecular weight excluding hydrogens is 180 g/mol. The first kappa shape index (κ1) is 11.7. The Labute approximate surface area is 74.3 Å². The Bertz CT molecular complexity index is 263. The van der Waals surface area contributed by atoms with Crippen LogP contribution in [0.15, 0.2) is 30.3 Å². The largest absolute Gasteiger partial charge is 1.00 e. The van der Waals surface area contributed by atoms with Crippen molar-refractivity contribution in [3.63, 3.8) is 0 Å². The summed E-state index contributed by atoms with van der Waals surface area (Å²) >= 11 is 0. The number of hydrogen-bond donors (Lipinski definition) is 0. The van der Waals surface area contributed by atoms with Crippen LogP contribution in [0, 0.1) is 0 Å². The fourth-order valence-electron chi connectivity index (χ4n) is 0.874. The summed E-state index contributed by atoms with van der Waals surface area (Å²) < 4.78 is 23.5. The van der Waals surface area contributed by atoms with E-state index >= 15 is 0 Å². The van der Waals surface area contributed by atoms with E-state index in [1.54, 1.807) is 30.3 Å². The SMILES string of the molecule is O=C(Cc1ccccc1)B(F)F.[F-]. The Morgan fingerprint density at radius 3 is 2.23 bits per heavy atom. The van der Waals surface area contributed by atoms with E-state index < -0.39 is 12.9 Å². The van der Waals surface area contributed by atoms with Gasteiger partial charge in [0.15, 0.2) is 5.68 Å². The second-order valence-electron chi connectivity index (χ2n) is 2.43. The van der Waals surface area contributed by atoms with Gasteiger partial charge < -0.3 is 9.50 Å². The molecule has 1 nitrogen and oxygen atoms in total. The van der Waals surface area contributed by atoms with Crippen LogP contribution >= 0.6 is 0 Å². The predicted molar refractivity (Wildman–Crippen MR) is 43.1 cm³/mol. The van der Waals surface area contributed by atoms with Gasteiger partial charge in [0.25, 0.3) is 0 Å². The third-order valence-electron chi connectivity index (χ3n) is 1.46. The van der Waals surface area contributed by atoms with E-state index in [2.05, 4.69) is 0 Å². The molecule has 0 fully saturated rings. The molecule has 5 heteroatoms. The Morgan fingerprint density at radius 1 is 1.23 bits per heavy atom. The van der Waals surface area contributed by atoms with E-state index in [1.807, 2.05) is 0 Å². The molecule has 1 aromatic carbocycles. The Balaban J connectivity index is 0.00000144. The normalized spacial score (nSPS) is 8.77. The lowest BCUT2D eigenvalue weighted by Crippen LogP contribution is -3.00. The summed E-state index contributed by atoms with van der Waals surface area (Å²) in [6.07, 6.45) is -0.182. The van der Waals surface area contributed by atoms with Crippen LogP contribution in [0.5, 0.6) is 0 Å². The van der Waals surface area contributed by atoms with Gasteiger partial charge in [-0.3, -0.25) is 8.63 Å². The number of halogens is 3. The van der Waals surface area contributed by atoms with Gasteiger partial charge in [0.2, 0.25) is 0 Å². The quantitative estimate of drug-likeness (QED) is 0.541. The van der Waals surface area contributed by atoms with Crippen molar-refractivity contribution in [1.82, 2.24) is 0 Å². The molecule has 0 aliphatic heterocycles. The minimum absolute atomic E-state index is 0. The fraction of sp³-hybridized carbons (Fsp3) is 0.125. The van der Waals surface area contributed by atoms with Gasteiger partial charge in [-0.1, -0.05) is 30.3 Å². The van der Waals surface area contributed by atoms with Crippen LogP contribution in [0.3, 0.4) is 0 Å². The van der Waals surface area contributed by atoms with Crippen molar-refractivity contribution in [2.24, 2.45) is 0 Å². The van der Waals surface area contributed by atoms with Gasteiger partial charge >= 0.3 is 7.27 Å². The summed E-state index contributed by atoms with van der Waals surface area (Å²) in [4.78, 5) is 10.6. The van der Waals surface area contributed by atoms with Gasteiger partial charge in [-0.25, -0.2) is 0 Å². The first-order chi connectivity index (χ1) is 5.70. The van der Waals surface area contributed by atoms with Gasteiger partial charge in [-0.15, -0.1) is 0 Å². The molecule has 13 heavy (non-hydrogen) atoms. The molecule has 0 aromatic heterocycles. The van der Waals surface area contributed by atoms with Crippen LogP contribution in [-0.2, 0) is 11.2 Å². The fourth-order valence-corrected chi connectivity index (χ4v) is 0.874. The molecule has 0 heterocycles. The molecule has 0 radical (unpaired) electrons. The zero-order valence-electron chi connectivity index (χ0n) is 6.71. The van der Waals surface area contributed by atoms with Gasteiger partial charge in [0, 0.05) is 6.42 Å². The second kappa shape index (κ2) is 5.40. The molecule has 0 unspecified atom stereocenters. The molecule has 0 aliphatic rings. The topological polar surface area (TPSA) is 17.1 Å². The maximum Gasteiger partial charge on any atom is 0.609 e. The Morgan fingerprint density at radius 2 is 1.77 bits per heavy atom. The van der Waals surface area contributed by atoms with Gasteiger partial charge in [0.05, 0.1) is 0 Å². The molecule has 0 saturated heterocycles. The van der Waals surface area contributed by atoms with Crippen molar-refractivity contribution in [3.05, 3.63) is 35.9 Å². The van der Waals surface area contributed by atoms with E-state index in [9.17, 15) is 13.4 Å². The van der Waals surface area contributed by atoms with E-state index in [-0.39, 0.29) is 11.1 Å². The Hall–Kier alpha value is -1.26.